The Morgan fingerprint density at radius 2 is 2.15 bits per heavy atom. The van der Waals surface area contributed by atoms with Crippen molar-refractivity contribution < 1.29 is 9.53 Å². The summed E-state index contributed by atoms with van der Waals surface area (Å²) in [5, 5.41) is 1.02. The number of carbonyl (C=O) groups excluding carboxylic acids is 1. The Kier molecular flexibility index (Phi) is 3.64. The molecule has 3 aromatic heterocycles. The Bertz CT molecular complexity index is 1030. The van der Waals surface area contributed by atoms with Gasteiger partial charge in [-0.05, 0) is 57.6 Å². The summed E-state index contributed by atoms with van der Waals surface area (Å²) in [5.41, 5.74) is 4.31. The van der Waals surface area contributed by atoms with Crippen LogP contribution in [0.3, 0.4) is 0 Å². The maximum Gasteiger partial charge on any atom is 0.226 e. The molecule has 0 spiro atoms. The molecule has 5 rings (SSSR count). The fourth-order valence-corrected chi connectivity index (χ4v) is 5.39. The summed E-state index contributed by atoms with van der Waals surface area (Å²) in [4.78, 5) is 23.8. The highest BCUT2D eigenvalue weighted by molar-refractivity contribution is 7.18. The summed E-state index contributed by atoms with van der Waals surface area (Å²) in [7, 11) is 0. The van der Waals surface area contributed by atoms with E-state index >= 15 is 0 Å². The molecule has 26 heavy (non-hydrogen) atoms. The maximum atomic E-state index is 12.8. The largest absolute Gasteiger partial charge is 0.469 e. The van der Waals surface area contributed by atoms with Crippen molar-refractivity contribution in [3.8, 4) is 5.88 Å². The molecule has 1 saturated carbocycles. The van der Waals surface area contributed by atoms with E-state index in [1.807, 2.05) is 13.0 Å². The number of hydrogen-bond donors (Lipinski definition) is 0. The first kappa shape index (κ1) is 16.0. The van der Waals surface area contributed by atoms with Gasteiger partial charge in [0.1, 0.15) is 11.2 Å². The fourth-order valence-electron chi connectivity index (χ4n) is 4.17. The first-order chi connectivity index (χ1) is 12.6. The van der Waals surface area contributed by atoms with Crippen molar-refractivity contribution in [3.05, 3.63) is 39.8 Å². The molecular formula is C20H21N3O2S. The monoisotopic (exact) mass is 367 g/mol. The molecule has 0 unspecified atom stereocenters. The Morgan fingerprint density at radius 3 is 2.96 bits per heavy atom. The number of aryl methyl sites for hydroxylation is 3. The first-order valence-electron chi connectivity index (χ1n) is 9.23. The highest BCUT2D eigenvalue weighted by Gasteiger charge is 2.28. The van der Waals surface area contributed by atoms with Gasteiger partial charge in [0.2, 0.25) is 11.7 Å². The zero-order valence-corrected chi connectivity index (χ0v) is 15.9. The van der Waals surface area contributed by atoms with Crippen LogP contribution in [0, 0.1) is 13.8 Å². The molecule has 1 fully saturated rings. The van der Waals surface area contributed by atoms with Crippen LogP contribution in [0.1, 0.15) is 57.5 Å². The lowest BCUT2D eigenvalue weighted by Crippen LogP contribution is -2.13. The van der Waals surface area contributed by atoms with E-state index in [2.05, 4.69) is 21.5 Å². The lowest BCUT2D eigenvalue weighted by molar-refractivity contribution is 0.0918. The van der Waals surface area contributed by atoms with Crippen molar-refractivity contribution >= 4 is 27.3 Å². The number of rotatable bonds is 5. The van der Waals surface area contributed by atoms with Gasteiger partial charge in [-0.2, -0.15) is 0 Å². The molecule has 6 heteroatoms. The third-order valence-corrected chi connectivity index (χ3v) is 6.70. The van der Waals surface area contributed by atoms with E-state index in [1.165, 1.54) is 36.0 Å². The molecule has 0 aromatic carbocycles. The van der Waals surface area contributed by atoms with Crippen LogP contribution in [0.4, 0.5) is 0 Å². The van der Waals surface area contributed by atoms with E-state index in [-0.39, 0.29) is 12.4 Å². The Labute approximate surface area is 156 Å². The van der Waals surface area contributed by atoms with E-state index in [0.717, 1.165) is 40.0 Å². The quantitative estimate of drug-likeness (QED) is 0.634. The van der Waals surface area contributed by atoms with Gasteiger partial charge in [-0.25, -0.2) is 9.97 Å². The van der Waals surface area contributed by atoms with Gasteiger partial charge in [0.25, 0.3) is 0 Å². The van der Waals surface area contributed by atoms with Crippen LogP contribution < -0.4 is 4.74 Å². The average Bonchev–Trinajstić information content (AvgIpc) is 3.11. The third-order valence-electron chi connectivity index (χ3n) is 5.50. The summed E-state index contributed by atoms with van der Waals surface area (Å²) in [6, 6.07) is 2.57. The van der Waals surface area contributed by atoms with Crippen molar-refractivity contribution in [2.75, 3.05) is 6.61 Å². The van der Waals surface area contributed by atoms with Gasteiger partial charge >= 0.3 is 0 Å². The second-order valence-corrected chi connectivity index (χ2v) is 8.40. The van der Waals surface area contributed by atoms with Crippen LogP contribution in [0.25, 0.3) is 10.2 Å². The lowest BCUT2D eigenvalue weighted by atomic mass is 10.1. The van der Waals surface area contributed by atoms with Gasteiger partial charge in [-0.3, -0.25) is 4.79 Å². The van der Waals surface area contributed by atoms with Crippen LogP contribution in [0.5, 0.6) is 5.88 Å². The molecule has 0 atom stereocenters. The third kappa shape index (κ3) is 2.47. The van der Waals surface area contributed by atoms with Crippen LogP contribution in [0.2, 0.25) is 0 Å². The van der Waals surface area contributed by atoms with Crippen molar-refractivity contribution in [1.82, 2.24) is 14.5 Å². The first-order valence-corrected chi connectivity index (χ1v) is 10.0. The number of nitrogens with zero attached hydrogens (tertiary/aromatic N) is 3. The molecule has 0 radical (unpaired) electrons. The average molecular weight is 367 g/mol. The molecule has 2 aliphatic rings. The van der Waals surface area contributed by atoms with Crippen LogP contribution in [-0.4, -0.2) is 26.9 Å². The molecule has 0 amide bonds. The number of ketones is 1. The zero-order valence-electron chi connectivity index (χ0n) is 15.0. The van der Waals surface area contributed by atoms with Crippen LogP contribution in [0.15, 0.2) is 12.4 Å². The van der Waals surface area contributed by atoms with Gasteiger partial charge in [0, 0.05) is 27.9 Å². The molecule has 0 aliphatic heterocycles. The Morgan fingerprint density at radius 1 is 1.31 bits per heavy atom. The predicted molar refractivity (Wildman–Crippen MR) is 101 cm³/mol. The molecule has 0 saturated heterocycles. The van der Waals surface area contributed by atoms with E-state index in [4.69, 9.17) is 4.74 Å². The smallest absolute Gasteiger partial charge is 0.226 e. The minimum Gasteiger partial charge on any atom is -0.469 e. The summed E-state index contributed by atoms with van der Waals surface area (Å²) < 4.78 is 8.19. The van der Waals surface area contributed by atoms with E-state index in [9.17, 15) is 4.79 Å². The highest BCUT2D eigenvalue weighted by atomic mass is 32.1. The predicted octanol–water partition coefficient (Wildman–Crippen LogP) is 4.19. The fraction of sp³-hybridized carbons (Fsp3) is 0.450. The molecule has 3 heterocycles. The second-order valence-electron chi connectivity index (χ2n) is 7.31. The number of Topliss-reactive ketones (excluding diaryl/α,β-unsaturated/α-hetero) is 1. The molecule has 0 bridgehead atoms. The normalized spacial score (nSPS) is 16.2. The number of thiophene rings is 1. The second kappa shape index (κ2) is 5.91. The topological polar surface area (TPSA) is 57.0 Å². The number of fused-ring (bicyclic) bond motifs is 3. The van der Waals surface area contributed by atoms with Gasteiger partial charge in [0.05, 0.1) is 5.39 Å². The maximum absolute atomic E-state index is 12.8. The summed E-state index contributed by atoms with van der Waals surface area (Å²) in [6.45, 7) is 4.13. The number of aromatic nitrogens is 3. The Hall–Kier alpha value is -2.21. The van der Waals surface area contributed by atoms with E-state index in [1.54, 1.807) is 11.3 Å². The molecule has 2 aliphatic carbocycles. The molecule has 3 aromatic rings. The van der Waals surface area contributed by atoms with Gasteiger partial charge in [-0.15, -0.1) is 11.3 Å². The summed E-state index contributed by atoms with van der Waals surface area (Å²) in [5.74, 6) is 0.572. The standard InChI is InChI=1S/C20H21N3O2S/c1-11-8-15(12(2)23(11)13-6-7-13)16(24)9-25-19-18-14-4-3-5-17(14)26-20(18)22-10-21-19/h8,10,13H,3-7,9H2,1-2H3. The van der Waals surface area contributed by atoms with E-state index in [0.29, 0.717) is 11.9 Å². The molecule has 0 N–H and O–H groups in total. The summed E-state index contributed by atoms with van der Waals surface area (Å²) in [6.07, 6.45) is 7.30. The van der Waals surface area contributed by atoms with Crippen molar-refractivity contribution in [2.24, 2.45) is 0 Å². The van der Waals surface area contributed by atoms with Crippen LogP contribution >= 0.6 is 11.3 Å². The SMILES string of the molecule is Cc1cc(C(=O)COc2ncnc3sc4c(c23)CCC4)c(C)n1C1CC1. The molecule has 134 valence electrons. The zero-order chi connectivity index (χ0) is 17.8. The van der Waals surface area contributed by atoms with Crippen LogP contribution in [-0.2, 0) is 12.8 Å². The minimum absolute atomic E-state index is 0.0173. The number of hydrogen-bond acceptors (Lipinski definition) is 5. The van der Waals surface area contributed by atoms with Gasteiger partial charge < -0.3 is 9.30 Å². The number of carbonyl (C=O) groups is 1. The summed E-state index contributed by atoms with van der Waals surface area (Å²) >= 11 is 1.73. The van der Waals surface area contributed by atoms with Crippen molar-refractivity contribution in [1.29, 1.82) is 0 Å². The van der Waals surface area contributed by atoms with Gasteiger partial charge in [0.15, 0.2) is 6.61 Å². The lowest BCUT2D eigenvalue weighted by Gasteiger charge is -2.08. The van der Waals surface area contributed by atoms with Gasteiger partial charge in [-0.1, -0.05) is 0 Å². The molecular weight excluding hydrogens is 346 g/mol. The van der Waals surface area contributed by atoms with E-state index < -0.39 is 0 Å². The number of ether oxygens (including phenoxy) is 1. The highest BCUT2D eigenvalue weighted by Crippen LogP contribution is 2.40. The molecule has 5 nitrogen and oxygen atoms in total. The van der Waals surface area contributed by atoms with Crippen molar-refractivity contribution in [2.45, 2.75) is 52.0 Å². The Balaban J connectivity index is 1.41. The minimum atomic E-state index is 0.0173. The van der Waals surface area contributed by atoms with Crippen molar-refractivity contribution in [3.63, 3.8) is 0 Å².